The Hall–Kier alpha value is -0.880. The summed E-state index contributed by atoms with van der Waals surface area (Å²) >= 11 is 6.36. The molecule has 1 aromatic rings. The summed E-state index contributed by atoms with van der Waals surface area (Å²) < 4.78 is 2.77. The lowest BCUT2D eigenvalue weighted by Gasteiger charge is -2.06. The van der Waals surface area contributed by atoms with Crippen LogP contribution in [-0.2, 0) is 11.3 Å². The highest BCUT2D eigenvalue weighted by Crippen LogP contribution is 2.04. The second-order valence-corrected chi connectivity index (χ2v) is 5.14. The van der Waals surface area contributed by atoms with Gasteiger partial charge in [0.25, 0.3) is 5.56 Å². The third-order valence-corrected chi connectivity index (χ3v) is 2.49. The van der Waals surface area contributed by atoms with Gasteiger partial charge in [0.1, 0.15) is 6.54 Å². The number of carbonyl (C=O) groups is 1. The van der Waals surface area contributed by atoms with Crippen molar-refractivity contribution in [2.75, 3.05) is 6.54 Å². The molecule has 0 atom stereocenters. The minimum atomic E-state index is -0.235. The summed E-state index contributed by atoms with van der Waals surface area (Å²) in [5.41, 5.74) is -0.212. The number of aromatic nitrogens is 1. The number of halogens is 2. The first-order valence-corrected chi connectivity index (χ1v) is 6.03. The van der Waals surface area contributed by atoms with Gasteiger partial charge in [0.2, 0.25) is 5.91 Å². The van der Waals surface area contributed by atoms with Gasteiger partial charge in [-0.15, -0.1) is 0 Å². The quantitative estimate of drug-likeness (QED) is 0.898. The molecule has 0 fully saturated rings. The summed E-state index contributed by atoms with van der Waals surface area (Å²) in [6.45, 7) is 3.94. The highest BCUT2D eigenvalue weighted by molar-refractivity contribution is 9.11. The second-order valence-electron chi connectivity index (χ2n) is 3.11. The molecule has 1 rings (SSSR count). The number of amides is 1. The number of hydrogen-bond acceptors (Lipinski definition) is 2. The van der Waals surface area contributed by atoms with E-state index in [0.717, 1.165) is 4.47 Å². The van der Waals surface area contributed by atoms with Gasteiger partial charge < -0.3 is 9.88 Å². The van der Waals surface area contributed by atoms with Crippen molar-refractivity contribution in [1.82, 2.24) is 9.88 Å². The number of rotatable bonds is 4. The minimum absolute atomic E-state index is 0.00144. The van der Waals surface area contributed by atoms with Crippen LogP contribution in [0.5, 0.6) is 0 Å². The van der Waals surface area contributed by atoms with Crippen molar-refractivity contribution in [1.29, 1.82) is 0 Å². The molecule has 86 valence electrons. The highest BCUT2D eigenvalue weighted by Gasteiger charge is 2.04. The molecule has 0 aliphatic rings. The molecule has 0 aliphatic carbocycles. The fourth-order valence-corrected chi connectivity index (χ4v) is 1.55. The number of nitrogens with zero attached hydrogens (tertiary/aromatic N) is 1. The molecule has 1 N–H and O–H groups in total. The molecule has 0 radical (unpaired) electrons. The van der Waals surface area contributed by atoms with E-state index in [1.54, 1.807) is 12.3 Å². The zero-order valence-electron chi connectivity index (χ0n) is 8.37. The van der Waals surface area contributed by atoms with Crippen molar-refractivity contribution in [3.8, 4) is 0 Å². The Labute approximate surface area is 110 Å². The van der Waals surface area contributed by atoms with Crippen molar-refractivity contribution < 1.29 is 4.79 Å². The molecule has 0 saturated carbocycles. The summed E-state index contributed by atoms with van der Waals surface area (Å²) in [7, 11) is 0. The minimum Gasteiger partial charge on any atom is -0.350 e. The third kappa shape index (κ3) is 4.32. The van der Waals surface area contributed by atoms with Gasteiger partial charge in [0, 0.05) is 27.8 Å². The summed E-state index contributed by atoms with van der Waals surface area (Å²) in [6.07, 6.45) is 1.57. The fourth-order valence-electron chi connectivity index (χ4n) is 1.03. The third-order valence-electron chi connectivity index (χ3n) is 1.74. The molecule has 0 spiro atoms. The molecule has 1 aromatic heterocycles. The van der Waals surface area contributed by atoms with Crippen LogP contribution in [0, 0.1) is 0 Å². The molecule has 0 unspecified atom stereocenters. The van der Waals surface area contributed by atoms with E-state index in [9.17, 15) is 9.59 Å². The van der Waals surface area contributed by atoms with E-state index >= 15 is 0 Å². The van der Waals surface area contributed by atoms with Gasteiger partial charge in [-0.1, -0.05) is 22.5 Å². The van der Waals surface area contributed by atoms with Crippen LogP contribution in [0.15, 0.2) is 38.7 Å². The number of hydrogen-bond donors (Lipinski definition) is 1. The van der Waals surface area contributed by atoms with E-state index in [1.807, 2.05) is 0 Å². The van der Waals surface area contributed by atoms with Gasteiger partial charge in [-0.25, -0.2) is 0 Å². The summed E-state index contributed by atoms with van der Waals surface area (Å²) in [4.78, 5) is 22.8. The zero-order valence-corrected chi connectivity index (χ0v) is 11.5. The van der Waals surface area contributed by atoms with E-state index in [1.165, 1.54) is 10.6 Å². The van der Waals surface area contributed by atoms with Gasteiger partial charge in [0.05, 0.1) is 0 Å². The van der Waals surface area contributed by atoms with E-state index in [-0.39, 0.29) is 18.0 Å². The standard InChI is InChI=1S/C10H10Br2N2O2/c1-7(11)4-13-9(15)6-14-5-8(12)2-3-10(14)16/h2-3,5H,1,4,6H2,(H,13,15). The Morgan fingerprint density at radius 2 is 2.19 bits per heavy atom. The lowest BCUT2D eigenvalue weighted by atomic mass is 10.4. The van der Waals surface area contributed by atoms with Gasteiger partial charge in [-0.05, 0) is 22.0 Å². The molecule has 0 bridgehead atoms. The molecule has 0 saturated heterocycles. The average molecular weight is 350 g/mol. The van der Waals surface area contributed by atoms with Gasteiger partial charge in [-0.3, -0.25) is 9.59 Å². The van der Waals surface area contributed by atoms with Crippen molar-refractivity contribution in [2.24, 2.45) is 0 Å². The monoisotopic (exact) mass is 348 g/mol. The maximum absolute atomic E-state index is 11.4. The zero-order chi connectivity index (χ0) is 12.1. The smallest absolute Gasteiger partial charge is 0.251 e. The van der Waals surface area contributed by atoms with Crippen molar-refractivity contribution in [2.45, 2.75) is 6.54 Å². The normalized spacial score (nSPS) is 9.88. The van der Waals surface area contributed by atoms with Gasteiger partial charge in [-0.2, -0.15) is 0 Å². The average Bonchev–Trinajstić information content (AvgIpc) is 2.20. The predicted octanol–water partition coefficient (Wildman–Crippen LogP) is 1.64. The van der Waals surface area contributed by atoms with Gasteiger partial charge in [0.15, 0.2) is 0 Å². The Balaban J connectivity index is 2.66. The second kappa shape index (κ2) is 6.00. The summed E-state index contributed by atoms with van der Waals surface area (Å²) in [6, 6.07) is 3.04. The van der Waals surface area contributed by atoms with E-state index in [2.05, 4.69) is 43.8 Å². The molecule has 16 heavy (non-hydrogen) atoms. The van der Waals surface area contributed by atoms with E-state index in [0.29, 0.717) is 11.0 Å². The lowest BCUT2D eigenvalue weighted by molar-refractivity contribution is -0.121. The molecule has 1 heterocycles. The van der Waals surface area contributed by atoms with Crippen LogP contribution >= 0.6 is 31.9 Å². The topological polar surface area (TPSA) is 51.1 Å². The first kappa shape index (κ1) is 13.2. The SMILES string of the molecule is C=C(Br)CNC(=O)Cn1cc(Br)ccc1=O. The first-order chi connectivity index (χ1) is 7.49. The fraction of sp³-hybridized carbons (Fsp3) is 0.200. The van der Waals surface area contributed by atoms with Crippen LogP contribution in [0.4, 0.5) is 0 Å². The molecule has 0 aliphatic heterocycles. The molecular weight excluding hydrogens is 340 g/mol. The number of carbonyl (C=O) groups excluding carboxylic acids is 1. The number of pyridine rings is 1. The van der Waals surface area contributed by atoms with E-state index < -0.39 is 0 Å². The Morgan fingerprint density at radius 1 is 1.50 bits per heavy atom. The van der Waals surface area contributed by atoms with Gasteiger partial charge >= 0.3 is 0 Å². The first-order valence-electron chi connectivity index (χ1n) is 4.45. The molecular formula is C10H10Br2N2O2. The van der Waals surface area contributed by atoms with Crippen molar-refractivity contribution in [3.05, 3.63) is 44.2 Å². The Kier molecular flexibility index (Phi) is 4.95. The predicted molar refractivity (Wildman–Crippen MR) is 69.5 cm³/mol. The molecule has 1 amide bonds. The van der Waals surface area contributed by atoms with Crippen LogP contribution in [0.1, 0.15) is 0 Å². The summed E-state index contributed by atoms with van der Waals surface area (Å²) in [5.74, 6) is -0.235. The van der Waals surface area contributed by atoms with Crippen LogP contribution in [-0.4, -0.2) is 17.0 Å². The number of nitrogens with one attached hydrogen (secondary N) is 1. The Morgan fingerprint density at radius 3 is 2.81 bits per heavy atom. The van der Waals surface area contributed by atoms with Crippen molar-refractivity contribution in [3.63, 3.8) is 0 Å². The Bertz CT molecular complexity index is 468. The lowest BCUT2D eigenvalue weighted by Crippen LogP contribution is -2.32. The van der Waals surface area contributed by atoms with Crippen LogP contribution in [0.25, 0.3) is 0 Å². The maximum atomic E-state index is 11.4. The summed E-state index contributed by atoms with van der Waals surface area (Å²) in [5, 5.41) is 2.62. The van der Waals surface area contributed by atoms with Crippen LogP contribution < -0.4 is 10.9 Å². The molecule has 0 aromatic carbocycles. The van der Waals surface area contributed by atoms with Crippen molar-refractivity contribution >= 4 is 37.8 Å². The molecule has 4 nitrogen and oxygen atoms in total. The highest BCUT2D eigenvalue weighted by atomic mass is 79.9. The van der Waals surface area contributed by atoms with E-state index in [4.69, 9.17) is 0 Å². The molecule has 6 heteroatoms. The maximum Gasteiger partial charge on any atom is 0.251 e. The largest absolute Gasteiger partial charge is 0.350 e. The van der Waals surface area contributed by atoms with Crippen LogP contribution in [0.2, 0.25) is 0 Å². The van der Waals surface area contributed by atoms with Crippen LogP contribution in [0.3, 0.4) is 0 Å².